The van der Waals surface area contributed by atoms with Crippen LogP contribution in [0.3, 0.4) is 0 Å². The van der Waals surface area contributed by atoms with E-state index >= 15 is 0 Å². The quantitative estimate of drug-likeness (QED) is 0.471. The fourth-order valence-corrected chi connectivity index (χ4v) is 4.38. The lowest BCUT2D eigenvalue weighted by Gasteiger charge is -2.43. The number of alkyl halides is 7. The highest BCUT2D eigenvalue weighted by Crippen LogP contribution is 2.51. The topological polar surface area (TPSA) is 67.9 Å². The minimum atomic E-state index is -5.19. The summed E-state index contributed by atoms with van der Waals surface area (Å²) in [4.78, 5) is 16.9. The molecule has 2 aromatic rings. The molecule has 0 aliphatic carbocycles. The Kier molecular flexibility index (Phi) is 5.91. The average Bonchev–Trinajstić information content (AvgIpc) is 3.19. The molecular weight excluding hydrogens is 530 g/mol. The van der Waals surface area contributed by atoms with Crippen LogP contribution in [0.2, 0.25) is 10.0 Å². The van der Waals surface area contributed by atoms with E-state index in [1.807, 2.05) is 0 Å². The Morgan fingerprint density at radius 3 is 2.14 bits per heavy atom. The summed E-state index contributed by atoms with van der Waals surface area (Å²) in [6.45, 7) is -0.552. The Morgan fingerprint density at radius 1 is 1.03 bits per heavy atom. The molecule has 0 saturated carbocycles. The Balaban J connectivity index is 1.64. The normalized spacial score (nSPS) is 21.9. The molecule has 1 fully saturated rings. The second-order valence-electron chi connectivity index (χ2n) is 8.19. The number of rotatable bonds is 3. The van der Waals surface area contributed by atoms with Gasteiger partial charge in [0.1, 0.15) is 0 Å². The molecule has 188 valence electrons. The first-order valence-electron chi connectivity index (χ1n) is 9.80. The van der Waals surface area contributed by atoms with Crippen LogP contribution in [0, 0.1) is 0 Å². The van der Waals surface area contributed by atoms with E-state index in [1.165, 1.54) is 24.3 Å². The van der Waals surface area contributed by atoms with E-state index < -0.39 is 57.2 Å². The monoisotopic (exact) mass is 543 g/mol. The maximum absolute atomic E-state index is 14.9. The summed E-state index contributed by atoms with van der Waals surface area (Å²) < 4.78 is 97.5. The van der Waals surface area contributed by atoms with Gasteiger partial charge in [-0.1, -0.05) is 52.6 Å². The average molecular weight is 544 g/mol. The third kappa shape index (κ3) is 4.26. The molecule has 0 radical (unpaired) electrons. The fourth-order valence-electron chi connectivity index (χ4n) is 3.95. The summed E-state index contributed by atoms with van der Waals surface area (Å²) in [5, 5.41) is 1.80. The smallest absolute Gasteiger partial charge is 0.374 e. The van der Waals surface area contributed by atoms with Crippen LogP contribution in [-0.4, -0.2) is 35.9 Å². The molecule has 1 unspecified atom stereocenters. The van der Waals surface area contributed by atoms with Gasteiger partial charge in [-0.05, 0) is 23.3 Å². The van der Waals surface area contributed by atoms with Crippen molar-refractivity contribution >= 4 is 34.9 Å². The molecule has 2 amide bonds. The predicted molar refractivity (Wildman–Crippen MR) is 112 cm³/mol. The number of likely N-dealkylation sites (tertiary alicyclic amines) is 1. The van der Waals surface area contributed by atoms with Crippen molar-refractivity contribution in [2.45, 2.75) is 30.0 Å². The molecule has 14 heteroatoms. The van der Waals surface area contributed by atoms with Gasteiger partial charge in [0.25, 0.3) is 5.60 Å². The van der Waals surface area contributed by atoms with Crippen LogP contribution in [0.25, 0.3) is 0 Å². The van der Waals surface area contributed by atoms with Gasteiger partial charge in [-0.3, -0.25) is 0 Å². The molecule has 0 aromatic heterocycles. The molecule has 0 bridgehead atoms. The number of nitrogens with two attached hydrogens (primary N) is 1. The number of hydrogen-bond acceptors (Lipinski definition) is 3. The summed E-state index contributed by atoms with van der Waals surface area (Å²) in [5.74, 6) is 0. The molecule has 1 saturated heterocycles. The van der Waals surface area contributed by atoms with Crippen molar-refractivity contribution in [1.29, 1.82) is 0 Å². The Morgan fingerprint density at radius 2 is 1.63 bits per heavy atom. The summed E-state index contributed by atoms with van der Waals surface area (Å²) in [5.41, 5.74) is -2.45. The minimum absolute atomic E-state index is 0.130. The maximum Gasteiger partial charge on any atom is 0.435 e. The summed E-state index contributed by atoms with van der Waals surface area (Å²) in [6.07, 6.45) is -11.2. The van der Waals surface area contributed by atoms with Crippen LogP contribution in [-0.2, 0) is 22.3 Å². The molecule has 4 rings (SSSR count). The first-order chi connectivity index (χ1) is 16.1. The van der Waals surface area contributed by atoms with Gasteiger partial charge in [-0.25, -0.2) is 9.18 Å². The predicted octanol–water partition coefficient (Wildman–Crippen LogP) is 6.15. The molecule has 2 aromatic carbocycles. The van der Waals surface area contributed by atoms with Gasteiger partial charge in [-0.15, -0.1) is 0 Å². The number of benzene rings is 2. The third-order valence-electron chi connectivity index (χ3n) is 5.92. The molecule has 1 atom stereocenters. The van der Waals surface area contributed by atoms with Crippen LogP contribution in [0.15, 0.2) is 41.6 Å². The largest absolute Gasteiger partial charge is 0.435 e. The summed E-state index contributed by atoms with van der Waals surface area (Å²) in [6, 6.07) is 5.32. The standard InChI is InChI=1S/C21H14Cl2F7N3O2/c22-14-6-12(5-13(16(14)23)20(25,26)27)19(21(28,29)30)7-15(32-35-19)10-1-3-11(4-2-10)18(24)8-33(9-18)17(31)34/h1-6H,7-9H2,(H2,31,34). The zero-order valence-electron chi connectivity index (χ0n) is 17.3. The van der Waals surface area contributed by atoms with Gasteiger partial charge in [-0.2, -0.15) is 26.3 Å². The van der Waals surface area contributed by atoms with Crippen molar-refractivity contribution < 1.29 is 40.4 Å². The van der Waals surface area contributed by atoms with Crippen molar-refractivity contribution in [3.8, 4) is 0 Å². The van der Waals surface area contributed by atoms with Crippen molar-refractivity contribution in [1.82, 2.24) is 4.90 Å². The van der Waals surface area contributed by atoms with Crippen LogP contribution in [0.4, 0.5) is 35.5 Å². The Bertz CT molecular complexity index is 1210. The van der Waals surface area contributed by atoms with E-state index in [0.29, 0.717) is 6.07 Å². The number of primary amides is 1. The van der Waals surface area contributed by atoms with Crippen molar-refractivity contribution in [3.63, 3.8) is 0 Å². The highest BCUT2D eigenvalue weighted by Gasteiger charge is 2.63. The second-order valence-corrected chi connectivity index (χ2v) is 8.97. The first-order valence-corrected chi connectivity index (χ1v) is 10.6. The lowest BCUT2D eigenvalue weighted by atomic mass is 9.84. The molecule has 35 heavy (non-hydrogen) atoms. The van der Waals surface area contributed by atoms with Gasteiger partial charge >= 0.3 is 18.4 Å². The molecule has 2 aliphatic heterocycles. The van der Waals surface area contributed by atoms with E-state index in [-0.39, 0.29) is 36.0 Å². The number of nitrogens with zero attached hydrogens (tertiary/aromatic N) is 2. The SMILES string of the molecule is NC(=O)N1CC(F)(c2ccc(C3=NOC(c4cc(Cl)c(Cl)c(C(F)(F)F)c4)(C(F)(F)F)C3)cc2)C1. The first kappa shape index (κ1) is 25.4. The number of carbonyl (C=O) groups is 1. The highest BCUT2D eigenvalue weighted by atomic mass is 35.5. The van der Waals surface area contributed by atoms with Gasteiger partial charge in [0.2, 0.25) is 0 Å². The van der Waals surface area contributed by atoms with Gasteiger partial charge in [0, 0.05) is 12.0 Å². The van der Waals surface area contributed by atoms with Gasteiger partial charge < -0.3 is 15.5 Å². The number of urea groups is 1. The van der Waals surface area contributed by atoms with E-state index in [2.05, 4.69) is 5.16 Å². The number of halogens is 9. The Labute approximate surface area is 203 Å². The highest BCUT2D eigenvalue weighted by molar-refractivity contribution is 6.42. The zero-order valence-corrected chi connectivity index (χ0v) is 18.8. The fraction of sp³-hybridized carbons (Fsp3) is 0.333. The third-order valence-corrected chi connectivity index (χ3v) is 6.72. The van der Waals surface area contributed by atoms with Crippen LogP contribution in [0.1, 0.15) is 28.7 Å². The van der Waals surface area contributed by atoms with E-state index in [9.17, 15) is 35.5 Å². The lowest BCUT2D eigenvalue weighted by molar-refractivity contribution is -0.276. The molecule has 2 heterocycles. The second kappa shape index (κ2) is 8.16. The van der Waals surface area contributed by atoms with Crippen LogP contribution in [0.5, 0.6) is 0 Å². The maximum atomic E-state index is 14.9. The van der Waals surface area contributed by atoms with E-state index in [4.69, 9.17) is 33.8 Å². The van der Waals surface area contributed by atoms with Gasteiger partial charge in [0.05, 0.1) is 34.4 Å². The summed E-state index contributed by atoms with van der Waals surface area (Å²) in [7, 11) is 0. The van der Waals surface area contributed by atoms with Crippen LogP contribution >= 0.6 is 23.2 Å². The van der Waals surface area contributed by atoms with Crippen LogP contribution < -0.4 is 5.73 Å². The van der Waals surface area contributed by atoms with E-state index in [0.717, 1.165) is 4.90 Å². The van der Waals surface area contributed by atoms with Crippen molar-refractivity contribution in [3.05, 3.63) is 68.7 Å². The van der Waals surface area contributed by atoms with Gasteiger partial charge in [0.15, 0.2) is 5.67 Å². The minimum Gasteiger partial charge on any atom is -0.374 e. The zero-order chi connectivity index (χ0) is 26.0. The summed E-state index contributed by atoms with van der Waals surface area (Å²) >= 11 is 11.3. The van der Waals surface area contributed by atoms with Crippen molar-refractivity contribution in [2.75, 3.05) is 13.1 Å². The number of oxime groups is 1. The lowest BCUT2D eigenvalue weighted by Crippen LogP contribution is -2.60. The molecule has 2 aliphatic rings. The molecule has 2 N–H and O–H groups in total. The number of carbonyl (C=O) groups excluding carboxylic acids is 1. The number of hydrogen-bond donors (Lipinski definition) is 1. The van der Waals surface area contributed by atoms with Crippen molar-refractivity contribution in [2.24, 2.45) is 10.9 Å². The molecular formula is C21H14Cl2F7N3O2. The number of amides is 2. The molecule has 0 spiro atoms. The Hall–Kier alpha value is -2.73. The molecule has 5 nitrogen and oxygen atoms in total. The van der Waals surface area contributed by atoms with E-state index in [1.54, 1.807) is 0 Å².